The molecule has 0 radical (unpaired) electrons. The summed E-state index contributed by atoms with van der Waals surface area (Å²) in [4.78, 5) is 4.03. The summed E-state index contributed by atoms with van der Waals surface area (Å²) in [5, 5.41) is 18.0. The number of ether oxygens (including phenoxy) is 1. The van der Waals surface area contributed by atoms with E-state index >= 15 is 0 Å². The molecule has 1 aromatic heterocycles. The van der Waals surface area contributed by atoms with Crippen molar-refractivity contribution in [2.75, 3.05) is 0 Å². The normalized spacial score (nSPS) is 10.3. The average Bonchev–Trinajstić information content (AvgIpc) is 2.36. The van der Waals surface area contributed by atoms with Crippen LogP contribution in [0.15, 0.2) is 36.7 Å². The van der Waals surface area contributed by atoms with Gasteiger partial charge in [0.25, 0.3) is 0 Å². The van der Waals surface area contributed by atoms with Crippen molar-refractivity contribution in [3.8, 4) is 5.75 Å². The molecular formula is C13H13BFNO3. The minimum Gasteiger partial charge on any atom is -0.489 e. The second kappa shape index (κ2) is 5.82. The number of aryl methyl sites for hydroxylation is 1. The van der Waals surface area contributed by atoms with Crippen LogP contribution in [0.4, 0.5) is 4.39 Å². The first-order chi connectivity index (χ1) is 9.04. The Morgan fingerprint density at radius 3 is 2.68 bits per heavy atom. The summed E-state index contributed by atoms with van der Waals surface area (Å²) in [5.74, 6) is -0.340. The molecule has 0 saturated heterocycles. The highest BCUT2D eigenvalue weighted by Gasteiger charge is 2.13. The minimum atomic E-state index is -1.72. The number of aromatic nitrogens is 1. The minimum absolute atomic E-state index is 0.0531. The summed E-state index contributed by atoms with van der Waals surface area (Å²) in [6, 6.07) is 5.53. The summed E-state index contributed by atoms with van der Waals surface area (Å²) in [7, 11) is -1.72. The molecule has 2 rings (SSSR count). The Morgan fingerprint density at radius 2 is 2.00 bits per heavy atom. The van der Waals surface area contributed by atoms with Crippen LogP contribution >= 0.6 is 0 Å². The second-order valence-electron chi connectivity index (χ2n) is 4.25. The number of rotatable bonds is 4. The first-order valence-electron chi connectivity index (χ1n) is 5.74. The first-order valence-corrected chi connectivity index (χ1v) is 5.74. The Labute approximate surface area is 110 Å². The summed E-state index contributed by atoms with van der Waals surface area (Å²) < 4.78 is 18.7. The molecule has 6 heteroatoms. The highest BCUT2D eigenvalue weighted by atomic mass is 19.1. The van der Waals surface area contributed by atoms with Crippen molar-refractivity contribution in [3.63, 3.8) is 0 Å². The van der Waals surface area contributed by atoms with Crippen LogP contribution < -0.4 is 10.2 Å². The third kappa shape index (κ3) is 3.77. The van der Waals surface area contributed by atoms with Crippen LogP contribution in [0.2, 0.25) is 0 Å². The van der Waals surface area contributed by atoms with Crippen molar-refractivity contribution in [2.45, 2.75) is 13.5 Å². The predicted octanol–water partition coefficient (Wildman–Crippen LogP) is 0.788. The standard InChI is InChI=1S/C13H13BFNO3/c1-9-2-10(7-16-6-9)8-19-13-4-11(14(17)18)3-12(15)5-13/h2-7,17-18H,8H2,1H3. The molecule has 0 fully saturated rings. The van der Waals surface area contributed by atoms with E-state index < -0.39 is 12.9 Å². The Hall–Kier alpha value is -1.92. The van der Waals surface area contributed by atoms with Gasteiger partial charge in [-0.05, 0) is 36.1 Å². The molecule has 0 atom stereocenters. The second-order valence-corrected chi connectivity index (χ2v) is 4.25. The number of hydrogen-bond donors (Lipinski definition) is 2. The van der Waals surface area contributed by atoms with Crippen molar-refractivity contribution in [1.82, 2.24) is 4.98 Å². The van der Waals surface area contributed by atoms with Gasteiger partial charge in [-0.1, -0.05) is 0 Å². The van der Waals surface area contributed by atoms with Crippen molar-refractivity contribution >= 4 is 12.6 Å². The van der Waals surface area contributed by atoms with E-state index in [1.165, 1.54) is 12.1 Å². The van der Waals surface area contributed by atoms with Crippen molar-refractivity contribution in [3.05, 3.63) is 53.6 Å². The summed E-state index contributed by atoms with van der Waals surface area (Å²) in [6.07, 6.45) is 3.39. The van der Waals surface area contributed by atoms with Gasteiger partial charge < -0.3 is 14.8 Å². The molecular weight excluding hydrogens is 248 g/mol. The van der Waals surface area contributed by atoms with Gasteiger partial charge in [0.05, 0.1) is 0 Å². The van der Waals surface area contributed by atoms with E-state index in [1.54, 1.807) is 12.4 Å². The van der Waals surface area contributed by atoms with Crippen molar-refractivity contribution in [1.29, 1.82) is 0 Å². The lowest BCUT2D eigenvalue weighted by molar-refractivity contribution is 0.304. The van der Waals surface area contributed by atoms with Gasteiger partial charge in [-0.3, -0.25) is 4.98 Å². The first kappa shape index (κ1) is 13.5. The van der Waals surface area contributed by atoms with E-state index in [4.69, 9.17) is 14.8 Å². The van der Waals surface area contributed by atoms with E-state index in [-0.39, 0.29) is 17.8 Å². The van der Waals surface area contributed by atoms with Crippen molar-refractivity contribution < 1.29 is 19.2 Å². The molecule has 19 heavy (non-hydrogen) atoms. The van der Waals surface area contributed by atoms with Gasteiger partial charge in [-0.25, -0.2) is 4.39 Å². The molecule has 0 amide bonds. The van der Waals surface area contributed by atoms with Gasteiger partial charge in [-0.15, -0.1) is 0 Å². The van der Waals surface area contributed by atoms with Crippen molar-refractivity contribution in [2.24, 2.45) is 0 Å². The SMILES string of the molecule is Cc1cncc(COc2cc(F)cc(B(O)O)c2)c1. The average molecular weight is 261 g/mol. The maximum absolute atomic E-state index is 13.3. The van der Waals surface area contributed by atoms with Gasteiger partial charge in [-0.2, -0.15) is 0 Å². The molecule has 0 spiro atoms. The Morgan fingerprint density at radius 1 is 1.21 bits per heavy atom. The quantitative estimate of drug-likeness (QED) is 0.798. The lowest BCUT2D eigenvalue weighted by atomic mass is 9.80. The third-order valence-corrected chi connectivity index (χ3v) is 2.53. The van der Waals surface area contributed by atoms with Gasteiger partial charge in [0.2, 0.25) is 0 Å². The molecule has 0 bridgehead atoms. The number of benzene rings is 1. The summed E-state index contributed by atoms with van der Waals surface area (Å²) in [5.41, 5.74) is 1.92. The zero-order valence-corrected chi connectivity index (χ0v) is 10.4. The van der Waals surface area contributed by atoms with Gasteiger partial charge in [0.15, 0.2) is 0 Å². The number of nitrogens with zero attached hydrogens (tertiary/aromatic N) is 1. The van der Waals surface area contributed by atoms with E-state index in [9.17, 15) is 4.39 Å². The molecule has 0 aliphatic carbocycles. The van der Waals surface area contributed by atoms with Gasteiger partial charge in [0, 0.05) is 24.0 Å². The van der Waals surface area contributed by atoms with Gasteiger partial charge in [0.1, 0.15) is 18.2 Å². The fourth-order valence-corrected chi connectivity index (χ4v) is 1.68. The highest BCUT2D eigenvalue weighted by molar-refractivity contribution is 6.58. The lowest BCUT2D eigenvalue weighted by Gasteiger charge is -2.08. The molecule has 4 nitrogen and oxygen atoms in total. The topological polar surface area (TPSA) is 62.6 Å². The fraction of sp³-hybridized carbons (Fsp3) is 0.154. The van der Waals surface area contributed by atoms with Crippen LogP contribution in [0.1, 0.15) is 11.1 Å². The predicted molar refractivity (Wildman–Crippen MR) is 69.5 cm³/mol. The summed E-state index contributed by atoms with van der Waals surface area (Å²) in [6.45, 7) is 2.15. The molecule has 0 unspecified atom stereocenters. The van der Waals surface area contributed by atoms with Crippen LogP contribution in [-0.2, 0) is 6.61 Å². The molecule has 2 N–H and O–H groups in total. The number of pyridine rings is 1. The molecule has 1 aromatic carbocycles. The van der Waals surface area contributed by atoms with E-state index in [0.29, 0.717) is 0 Å². The molecule has 1 heterocycles. The molecule has 98 valence electrons. The fourth-order valence-electron chi connectivity index (χ4n) is 1.68. The third-order valence-electron chi connectivity index (χ3n) is 2.53. The van der Waals surface area contributed by atoms with E-state index in [1.807, 2.05) is 13.0 Å². The zero-order valence-electron chi connectivity index (χ0n) is 10.4. The van der Waals surface area contributed by atoms with Crippen LogP contribution in [0.3, 0.4) is 0 Å². The number of halogens is 1. The monoisotopic (exact) mass is 261 g/mol. The van der Waals surface area contributed by atoms with Crippen LogP contribution in [0, 0.1) is 12.7 Å². The Kier molecular flexibility index (Phi) is 4.14. The molecule has 2 aromatic rings. The zero-order chi connectivity index (χ0) is 13.8. The van der Waals surface area contributed by atoms with E-state index in [0.717, 1.165) is 17.2 Å². The van der Waals surface area contributed by atoms with Crippen LogP contribution in [-0.4, -0.2) is 22.2 Å². The van der Waals surface area contributed by atoms with E-state index in [2.05, 4.69) is 4.98 Å². The maximum atomic E-state index is 13.3. The number of hydrogen-bond acceptors (Lipinski definition) is 4. The maximum Gasteiger partial charge on any atom is 0.488 e. The Bertz CT molecular complexity index is 578. The summed E-state index contributed by atoms with van der Waals surface area (Å²) >= 11 is 0. The lowest BCUT2D eigenvalue weighted by Crippen LogP contribution is -2.30. The molecule has 0 aliphatic rings. The van der Waals surface area contributed by atoms with Crippen LogP contribution in [0.25, 0.3) is 0 Å². The largest absolute Gasteiger partial charge is 0.489 e. The smallest absolute Gasteiger partial charge is 0.488 e. The molecule has 0 aliphatic heterocycles. The molecule has 0 saturated carbocycles. The van der Waals surface area contributed by atoms with Gasteiger partial charge >= 0.3 is 7.12 Å². The highest BCUT2D eigenvalue weighted by Crippen LogP contribution is 2.13. The van der Waals surface area contributed by atoms with Crippen LogP contribution in [0.5, 0.6) is 5.75 Å². The Balaban J connectivity index is 2.11.